The molecule has 0 saturated carbocycles. The number of benzene rings is 1. The Morgan fingerprint density at radius 1 is 1.44 bits per heavy atom. The number of fused-ring (bicyclic) bond motifs is 1. The highest BCUT2D eigenvalue weighted by Crippen LogP contribution is 2.33. The molecule has 4 heteroatoms. The number of carbonyl (C=O) groups excluding carboxylic acids is 1. The third kappa shape index (κ3) is 2.00. The van der Waals surface area contributed by atoms with Crippen LogP contribution in [-0.2, 0) is 0 Å². The molecule has 0 atom stereocenters. The molecule has 1 heterocycles. The number of carbonyl (C=O) groups is 1. The minimum Gasteiger partial charge on any atom is -0.486 e. The zero-order valence-electron chi connectivity index (χ0n) is 8.86. The maximum Gasteiger partial charge on any atom is 0.255 e. The molecular formula is C12H13NO3. The van der Waals surface area contributed by atoms with Crippen molar-refractivity contribution in [2.45, 2.75) is 0 Å². The Morgan fingerprint density at radius 3 is 3.06 bits per heavy atom. The Labute approximate surface area is 93.9 Å². The van der Waals surface area contributed by atoms with Gasteiger partial charge in [0.15, 0.2) is 11.5 Å². The predicted molar refractivity (Wildman–Crippen MR) is 60.0 cm³/mol. The Balaban J connectivity index is 2.26. The summed E-state index contributed by atoms with van der Waals surface area (Å²) in [6, 6.07) is 5.28. The first-order valence-electron chi connectivity index (χ1n) is 5.10. The van der Waals surface area contributed by atoms with E-state index in [0.717, 1.165) is 0 Å². The molecule has 1 amide bonds. The van der Waals surface area contributed by atoms with Crippen LogP contribution in [0.1, 0.15) is 10.4 Å². The Kier molecular flexibility index (Phi) is 3.10. The first kappa shape index (κ1) is 10.5. The number of para-hydroxylation sites is 1. The van der Waals surface area contributed by atoms with Crippen molar-refractivity contribution in [2.24, 2.45) is 0 Å². The Hall–Kier alpha value is -1.97. The van der Waals surface area contributed by atoms with Crippen LogP contribution in [0.15, 0.2) is 30.9 Å². The number of hydrogen-bond donors (Lipinski definition) is 1. The maximum atomic E-state index is 11.8. The lowest BCUT2D eigenvalue weighted by atomic mass is 10.1. The van der Waals surface area contributed by atoms with Crippen LogP contribution in [0.25, 0.3) is 0 Å². The van der Waals surface area contributed by atoms with Gasteiger partial charge in [-0.15, -0.1) is 6.58 Å². The quantitative estimate of drug-likeness (QED) is 0.781. The van der Waals surface area contributed by atoms with Crippen LogP contribution in [0, 0.1) is 0 Å². The Morgan fingerprint density at radius 2 is 2.25 bits per heavy atom. The van der Waals surface area contributed by atoms with Crippen molar-refractivity contribution in [3.63, 3.8) is 0 Å². The summed E-state index contributed by atoms with van der Waals surface area (Å²) in [5.41, 5.74) is 0.499. The zero-order chi connectivity index (χ0) is 11.4. The van der Waals surface area contributed by atoms with E-state index in [1.54, 1.807) is 24.3 Å². The summed E-state index contributed by atoms with van der Waals surface area (Å²) in [4.78, 5) is 11.8. The summed E-state index contributed by atoms with van der Waals surface area (Å²) in [6.45, 7) is 4.97. The van der Waals surface area contributed by atoms with Crippen molar-refractivity contribution in [2.75, 3.05) is 19.8 Å². The van der Waals surface area contributed by atoms with E-state index in [1.807, 2.05) is 0 Å². The topological polar surface area (TPSA) is 47.6 Å². The normalized spacial score (nSPS) is 13.0. The first-order valence-corrected chi connectivity index (χ1v) is 5.10. The molecule has 1 aliphatic heterocycles. The van der Waals surface area contributed by atoms with Crippen LogP contribution in [0.2, 0.25) is 0 Å². The molecule has 0 spiro atoms. The fourth-order valence-corrected chi connectivity index (χ4v) is 1.51. The molecule has 0 saturated heterocycles. The highest BCUT2D eigenvalue weighted by molar-refractivity contribution is 5.97. The molecule has 1 N–H and O–H groups in total. The smallest absolute Gasteiger partial charge is 0.255 e. The number of amides is 1. The van der Waals surface area contributed by atoms with Crippen molar-refractivity contribution in [3.05, 3.63) is 36.4 Å². The summed E-state index contributed by atoms with van der Waals surface area (Å²) in [5, 5.41) is 2.71. The third-order valence-corrected chi connectivity index (χ3v) is 2.22. The molecule has 1 aliphatic rings. The second kappa shape index (κ2) is 4.70. The molecular weight excluding hydrogens is 206 g/mol. The van der Waals surface area contributed by atoms with E-state index in [0.29, 0.717) is 36.8 Å². The van der Waals surface area contributed by atoms with E-state index in [1.165, 1.54) is 0 Å². The van der Waals surface area contributed by atoms with Gasteiger partial charge in [-0.2, -0.15) is 0 Å². The SMILES string of the molecule is C=CCNC(=O)c1cccc2c1OCCO2. The molecule has 4 nitrogen and oxygen atoms in total. The average Bonchev–Trinajstić information content (AvgIpc) is 2.35. The average molecular weight is 219 g/mol. The molecule has 1 aromatic rings. The van der Waals surface area contributed by atoms with E-state index in [4.69, 9.17) is 9.47 Å². The van der Waals surface area contributed by atoms with Crippen LogP contribution in [0.4, 0.5) is 0 Å². The summed E-state index contributed by atoms with van der Waals surface area (Å²) in [5.74, 6) is 0.968. The lowest BCUT2D eigenvalue weighted by Gasteiger charge is -2.20. The molecule has 0 aromatic heterocycles. The van der Waals surface area contributed by atoms with Gasteiger partial charge in [0.25, 0.3) is 5.91 Å². The highest BCUT2D eigenvalue weighted by atomic mass is 16.6. The summed E-state index contributed by atoms with van der Waals surface area (Å²) in [7, 11) is 0. The minimum absolute atomic E-state index is 0.178. The van der Waals surface area contributed by atoms with Gasteiger partial charge < -0.3 is 14.8 Å². The lowest BCUT2D eigenvalue weighted by Crippen LogP contribution is -2.25. The summed E-state index contributed by atoms with van der Waals surface area (Å²) in [6.07, 6.45) is 1.63. The third-order valence-electron chi connectivity index (χ3n) is 2.22. The summed E-state index contributed by atoms with van der Waals surface area (Å²) < 4.78 is 10.8. The van der Waals surface area contributed by atoms with E-state index in [9.17, 15) is 4.79 Å². The summed E-state index contributed by atoms with van der Waals surface area (Å²) >= 11 is 0. The van der Waals surface area contributed by atoms with Crippen LogP contribution in [-0.4, -0.2) is 25.7 Å². The molecule has 0 bridgehead atoms. The fraction of sp³-hybridized carbons (Fsp3) is 0.250. The van der Waals surface area contributed by atoms with E-state index in [-0.39, 0.29) is 5.91 Å². The van der Waals surface area contributed by atoms with Gasteiger partial charge in [0.1, 0.15) is 13.2 Å². The fourth-order valence-electron chi connectivity index (χ4n) is 1.51. The molecule has 0 fully saturated rings. The van der Waals surface area contributed by atoms with Gasteiger partial charge >= 0.3 is 0 Å². The number of rotatable bonds is 3. The van der Waals surface area contributed by atoms with Crippen LogP contribution >= 0.6 is 0 Å². The van der Waals surface area contributed by atoms with Gasteiger partial charge in [-0.1, -0.05) is 12.1 Å². The molecule has 0 radical (unpaired) electrons. The first-order chi connectivity index (χ1) is 7.83. The van der Waals surface area contributed by atoms with Gasteiger partial charge in [0, 0.05) is 6.54 Å². The lowest BCUT2D eigenvalue weighted by molar-refractivity contribution is 0.0947. The monoisotopic (exact) mass is 219 g/mol. The molecule has 16 heavy (non-hydrogen) atoms. The van der Waals surface area contributed by atoms with Crippen molar-refractivity contribution in [1.82, 2.24) is 5.32 Å². The second-order valence-electron chi connectivity index (χ2n) is 3.33. The van der Waals surface area contributed by atoms with Gasteiger partial charge in [-0.05, 0) is 12.1 Å². The van der Waals surface area contributed by atoms with Crippen molar-refractivity contribution < 1.29 is 14.3 Å². The molecule has 84 valence electrons. The van der Waals surface area contributed by atoms with E-state index < -0.39 is 0 Å². The highest BCUT2D eigenvalue weighted by Gasteiger charge is 2.19. The number of hydrogen-bond acceptors (Lipinski definition) is 3. The Bertz CT molecular complexity index is 415. The standard InChI is InChI=1S/C12H13NO3/c1-2-6-13-12(14)9-4-3-5-10-11(9)16-8-7-15-10/h2-5H,1,6-8H2,(H,13,14). The molecule has 1 aromatic carbocycles. The second-order valence-corrected chi connectivity index (χ2v) is 3.33. The van der Waals surface area contributed by atoms with Crippen LogP contribution in [0.3, 0.4) is 0 Å². The van der Waals surface area contributed by atoms with Gasteiger partial charge in [0.05, 0.1) is 5.56 Å². The van der Waals surface area contributed by atoms with Gasteiger partial charge in [-0.3, -0.25) is 4.79 Å². The van der Waals surface area contributed by atoms with Gasteiger partial charge in [0.2, 0.25) is 0 Å². The van der Waals surface area contributed by atoms with Crippen molar-refractivity contribution >= 4 is 5.91 Å². The molecule has 2 rings (SSSR count). The zero-order valence-corrected chi connectivity index (χ0v) is 8.86. The predicted octanol–water partition coefficient (Wildman–Crippen LogP) is 1.37. The molecule has 0 unspecified atom stereocenters. The van der Waals surface area contributed by atoms with Crippen molar-refractivity contribution in [1.29, 1.82) is 0 Å². The van der Waals surface area contributed by atoms with Gasteiger partial charge in [-0.25, -0.2) is 0 Å². The van der Waals surface area contributed by atoms with E-state index >= 15 is 0 Å². The van der Waals surface area contributed by atoms with Crippen molar-refractivity contribution in [3.8, 4) is 11.5 Å². The number of ether oxygens (including phenoxy) is 2. The largest absolute Gasteiger partial charge is 0.486 e. The molecule has 0 aliphatic carbocycles. The maximum absolute atomic E-state index is 11.8. The minimum atomic E-state index is -0.178. The number of nitrogens with one attached hydrogen (secondary N) is 1. The van der Waals surface area contributed by atoms with Crippen LogP contribution in [0.5, 0.6) is 11.5 Å². The van der Waals surface area contributed by atoms with E-state index in [2.05, 4.69) is 11.9 Å². The van der Waals surface area contributed by atoms with Crippen LogP contribution < -0.4 is 14.8 Å².